The smallest absolute Gasteiger partial charge is 0.226 e. The van der Waals surface area contributed by atoms with Gasteiger partial charge in [0.25, 0.3) is 0 Å². The topological polar surface area (TPSA) is 58.3 Å². The summed E-state index contributed by atoms with van der Waals surface area (Å²) >= 11 is 0. The van der Waals surface area contributed by atoms with Crippen molar-refractivity contribution < 1.29 is 0 Å². The fourth-order valence-corrected chi connectivity index (χ4v) is 2.98. The Morgan fingerprint density at radius 1 is 1.37 bits per heavy atom. The van der Waals surface area contributed by atoms with Gasteiger partial charge < -0.3 is 15.5 Å². The average molecular weight is 263 g/mol. The predicted molar refractivity (Wildman–Crippen MR) is 79.6 cm³/mol. The highest BCUT2D eigenvalue weighted by atomic mass is 15.3. The molecule has 106 valence electrons. The summed E-state index contributed by atoms with van der Waals surface area (Å²) in [4.78, 5) is 13.3. The molecule has 2 N–H and O–H groups in total. The van der Waals surface area contributed by atoms with Crippen molar-refractivity contribution in [1.82, 2.24) is 9.97 Å². The van der Waals surface area contributed by atoms with E-state index >= 15 is 0 Å². The first kappa shape index (κ1) is 14.1. The van der Waals surface area contributed by atoms with Crippen LogP contribution in [0.15, 0.2) is 12.3 Å². The Labute approximate surface area is 115 Å². The number of nitrogens with zero attached hydrogens (tertiary/aromatic N) is 4. The molecule has 1 saturated carbocycles. The minimum atomic E-state index is 0.528. The molecule has 1 aromatic rings. The third-order valence-corrected chi connectivity index (χ3v) is 3.99. The Balaban J connectivity index is 2.23. The summed E-state index contributed by atoms with van der Waals surface area (Å²) in [5.74, 6) is 2.38. The maximum Gasteiger partial charge on any atom is 0.226 e. The molecule has 1 aliphatic rings. The maximum atomic E-state index is 5.91. The van der Waals surface area contributed by atoms with E-state index in [1.54, 1.807) is 0 Å². The van der Waals surface area contributed by atoms with Gasteiger partial charge in [-0.05, 0) is 38.3 Å². The number of hydrogen-bond acceptors (Lipinski definition) is 5. The normalized spacial score (nSPS) is 22.5. The monoisotopic (exact) mass is 263 g/mol. The summed E-state index contributed by atoms with van der Waals surface area (Å²) in [7, 11) is 3.93. The molecule has 5 nitrogen and oxygen atoms in total. The quantitative estimate of drug-likeness (QED) is 0.872. The summed E-state index contributed by atoms with van der Waals surface area (Å²) in [5.41, 5.74) is 5.91. The van der Waals surface area contributed by atoms with Crippen LogP contribution in [0, 0.1) is 5.92 Å². The summed E-state index contributed by atoms with van der Waals surface area (Å²) in [6.45, 7) is 3.92. The van der Waals surface area contributed by atoms with Crippen LogP contribution in [0.1, 0.15) is 26.2 Å². The minimum absolute atomic E-state index is 0.528. The van der Waals surface area contributed by atoms with Crippen molar-refractivity contribution >= 4 is 11.8 Å². The zero-order valence-corrected chi connectivity index (χ0v) is 12.2. The Morgan fingerprint density at radius 3 is 2.79 bits per heavy atom. The van der Waals surface area contributed by atoms with Crippen LogP contribution in [-0.2, 0) is 0 Å². The van der Waals surface area contributed by atoms with Crippen molar-refractivity contribution in [2.24, 2.45) is 11.7 Å². The van der Waals surface area contributed by atoms with Crippen LogP contribution in [0.25, 0.3) is 0 Å². The van der Waals surface area contributed by atoms with Gasteiger partial charge in [-0.15, -0.1) is 0 Å². The largest absolute Gasteiger partial charge is 0.353 e. The highest BCUT2D eigenvalue weighted by Crippen LogP contribution is 2.31. The van der Waals surface area contributed by atoms with Crippen molar-refractivity contribution in [3.63, 3.8) is 0 Å². The van der Waals surface area contributed by atoms with Gasteiger partial charge in [0.15, 0.2) is 0 Å². The molecule has 1 aromatic heterocycles. The van der Waals surface area contributed by atoms with E-state index in [4.69, 9.17) is 5.73 Å². The summed E-state index contributed by atoms with van der Waals surface area (Å²) < 4.78 is 0. The lowest BCUT2D eigenvalue weighted by atomic mass is 10.0. The summed E-state index contributed by atoms with van der Waals surface area (Å²) in [5, 5.41) is 0. The Kier molecular flexibility index (Phi) is 4.58. The Morgan fingerprint density at radius 2 is 2.16 bits per heavy atom. The van der Waals surface area contributed by atoms with E-state index in [9.17, 15) is 0 Å². The van der Waals surface area contributed by atoms with Crippen molar-refractivity contribution in [3.8, 4) is 0 Å². The van der Waals surface area contributed by atoms with Crippen LogP contribution in [0.2, 0.25) is 0 Å². The van der Waals surface area contributed by atoms with Crippen molar-refractivity contribution in [3.05, 3.63) is 12.3 Å². The molecule has 0 aliphatic heterocycles. The van der Waals surface area contributed by atoms with Gasteiger partial charge in [-0.2, -0.15) is 4.98 Å². The molecule has 2 rings (SSSR count). The van der Waals surface area contributed by atoms with E-state index < -0.39 is 0 Å². The van der Waals surface area contributed by atoms with E-state index in [1.165, 1.54) is 19.3 Å². The van der Waals surface area contributed by atoms with Crippen LogP contribution in [-0.4, -0.2) is 43.2 Å². The molecule has 0 saturated heterocycles. The number of nitrogens with two attached hydrogens (primary N) is 1. The highest BCUT2D eigenvalue weighted by molar-refractivity contribution is 5.44. The van der Waals surface area contributed by atoms with Crippen LogP contribution in [0.3, 0.4) is 0 Å². The number of anilines is 2. The highest BCUT2D eigenvalue weighted by Gasteiger charge is 2.31. The molecular weight excluding hydrogens is 238 g/mol. The van der Waals surface area contributed by atoms with E-state index in [0.29, 0.717) is 12.0 Å². The molecule has 0 aromatic carbocycles. The van der Waals surface area contributed by atoms with Gasteiger partial charge in [0.05, 0.1) is 0 Å². The van der Waals surface area contributed by atoms with Gasteiger partial charge >= 0.3 is 0 Å². The van der Waals surface area contributed by atoms with Gasteiger partial charge in [0.1, 0.15) is 5.82 Å². The second-order valence-corrected chi connectivity index (χ2v) is 5.39. The lowest BCUT2D eigenvalue weighted by Gasteiger charge is -2.33. The van der Waals surface area contributed by atoms with E-state index in [1.807, 2.05) is 31.3 Å². The molecule has 0 radical (unpaired) electrons. The molecule has 2 unspecified atom stereocenters. The third kappa shape index (κ3) is 2.97. The fraction of sp³-hybridized carbons (Fsp3) is 0.714. The van der Waals surface area contributed by atoms with Crippen LogP contribution >= 0.6 is 0 Å². The first-order valence-electron chi connectivity index (χ1n) is 7.14. The molecule has 1 aliphatic carbocycles. The number of rotatable bonds is 5. The van der Waals surface area contributed by atoms with Gasteiger partial charge in [-0.25, -0.2) is 4.98 Å². The first-order valence-corrected chi connectivity index (χ1v) is 7.14. The zero-order valence-electron chi connectivity index (χ0n) is 12.2. The lowest BCUT2D eigenvalue weighted by Crippen LogP contribution is -2.41. The van der Waals surface area contributed by atoms with Crippen LogP contribution in [0.5, 0.6) is 0 Å². The Hall–Kier alpha value is -1.36. The zero-order chi connectivity index (χ0) is 13.8. The maximum absolute atomic E-state index is 5.91. The molecule has 2 atom stereocenters. The SMILES string of the molecule is CCN(c1ccnc(N(C)C)n1)C1CCCC1CN. The molecular formula is C14H25N5. The lowest BCUT2D eigenvalue weighted by molar-refractivity contribution is 0.459. The van der Waals surface area contributed by atoms with Crippen LogP contribution in [0.4, 0.5) is 11.8 Å². The van der Waals surface area contributed by atoms with E-state index in [0.717, 1.165) is 24.9 Å². The summed E-state index contributed by atoms with van der Waals surface area (Å²) in [6, 6.07) is 2.53. The first-order chi connectivity index (χ1) is 9.17. The molecule has 0 bridgehead atoms. The molecule has 1 fully saturated rings. The Bertz CT molecular complexity index is 407. The van der Waals surface area contributed by atoms with Crippen molar-refractivity contribution in [2.75, 3.05) is 37.0 Å². The molecule has 1 heterocycles. The van der Waals surface area contributed by atoms with Gasteiger partial charge in [-0.3, -0.25) is 0 Å². The standard InChI is InChI=1S/C14H25N5/c1-4-19(12-7-5-6-11(12)10-15)13-8-9-16-14(17-13)18(2)3/h8-9,11-12H,4-7,10,15H2,1-3H3. The minimum Gasteiger partial charge on any atom is -0.353 e. The second-order valence-electron chi connectivity index (χ2n) is 5.39. The molecule has 0 amide bonds. The van der Waals surface area contributed by atoms with Gasteiger partial charge in [0, 0.05) is 32.9 Å². The van der Waals surface area contributed by atoms with Gasteiger partial charge in [0.2, 0.25) is 5.95 Å². The van der Waals surface area contributed by atoms with E-state index in [2.05, 4.69) is 21.8 Å². The molecule has 0 spiro atoms. The second kappa shape index (κ2) is 6.19. The number of aromatic nitrogens is 2. The number of hydrogen-bond donors (Lipinski definition) is 1. The molecule has 19 heavy (non-hydrogen) atoms. The summed E-state index contributed by atoms with van der Waals surface area (Å²) in [6.07, 6.45) is 5.57. The van der Waals surface area contributed by atoms with Crippen LogP contribution < -0.4 is 15.5 Å². The van der Waals surface area contributed by atoms with Crippen molar-refractivity contribution in [2.45, 2.75) is 32.2 Å². The third-order valence-electron chi connectivity index (χ3n) is 3.99. The van der Waals surface area contributed by atoms with E-state index in [-0.39, 0.29) is 0 Å². The predicted octanol–water partition coefficient (Wildman–Crippen LogP) is 1.50. The molecule has 5 heteroatoms. The van der Waals surface area contributed by atoms with Crippen molar-refractivity contribution in [1.29, 1.82) is 0 Å². The average Bonchev–Trinajstić information content (AvgIpc) is 2.88. The van der Waals surface area contributed by atoms with Gasteiger partial charge in [-0.1, -0.05) is 6.42 Å². The fourth-order valence-electron chi connectivity index (χ4n) is 2.98.